The molecule has 2 atom stereocenters. The maximum absolute atomic E-state index is 11.3. The van der Waals surface area contributed by atoms with E-state index in [-0.39, 0.29) is 12.5 Å². The summed E-state index contributed by atoms with van der Waals surface area (Å²) in [5, 5.41) is 11.2. The van der Waals surface area contributed by atoms with E-state index in [0.717, 1.165) is 0 Å². The lowest BCUT2D eigenvalue weighted by Gasteiger charge is -2.17. The zero-order valence-corrected chi connectivity index (χ0v) is 9.19. The Morgan fingerprint density at radius 3 is 2.33 bits per heavy atom. The number of nitrogens with one attached hydrogen (secondary N) is 1. The first-order valence-electron chi connectivity index (χ1n) is 4.92. The quantitative estimate of drug-likeness (QED) is 0.398. The van der Waals surface area contributed by atoms with Gasteiger partial charge in [-0.25, -0.2) is 0 Å². The molecule has 15 heavy (non-hydrogen) atoms. The molecule has 7 N–H and O–H groups in total. The van der Waals surface area contributed by atoms with Crippen molar-refractivity contribution < 1.29 is 20.4 Å². The fourth-order valence-electron chi connectivity index (χ4n) is 1.09. The Morgan fingerprint density at radius 2 is 2.00 bits per heavy atom. The highest BCUT2D eigenvalue weighted by Gasteiger charge is 2.23. The van der Waals surface area contributed by atoms with E-state index in [9.17, 15) is 9.59 Å². The SMILES string of the molecule is CC(C)C[C@@H](NC(=O)[C@H]([NH3+])CO)C(N)=O. The van der Waals surface area contributed by atoms with Crippen molar-refractivity contribution in [2.75, 3.05) is 6.61 Å². The van der Waals surface area contributed by atoms with E-state index in [0.29, 0.717) is 6.42 Å². The van der Waals surface area contributed by atoms with Crippen LogP contribution in [-0.4, -0.2) is 35.6 Å². The maximum Gasteiger partial charge on any atom is 0.281 e. The molecule has 0 spiro atoms. The molecule has 6 nitrogen and oxygen atoms in total. The van der Waals surface area contributed by atoms with Gasteiger partial charge in [-0.15, -0.1) is 0 Å². The van der Waals surface area contributed by atoms with Gasteiger partial charge in [-0.2, -0.15) is 0 Å². The lowest BCUT2D eigenvalue weighted by Crippen LogP contribution is -2.70. The minimum absolute atomic E-state index is 0.250. The highest BCUT2D eigenvalue weighted by Crippen LogP contribution is 2.04. The molecule has 0 aromatic heterocycles. The Balaban J connectivity index is 4.29. The summed E-state index contributed by atoms with van der Waals surface area (Å²) in [5.74, 6) is -0.774. The number of primary amides is 1. The van der Waals surface area contributed by atoms with Gasteiger partial charge in [0, 0.05) is 0 Å². The maximum atomic E-state index is 11.3. The van der Waals surface area contributed by atoms with Crippen LogP contribution in [0.1, 0.15) is 20.3 Å². The molecule has 0 saturated carbocycles. The molecule has 0 aliphatic carbocycles. The van der Waals surface area contributed by atoms with Crippen molar-refractivity contribution in [3.05, 3.63) is 0 Å². The van der Waals surface area contributed by atoms with Gasteiger partial charge in [0.15, 0.2) is 6.04 Å². The average molecular weight is 218 g/mol. The van der Waals surface area contributed by atoms with Gasteiger partial charge in [0.2, 0.25) is 5.91 Å². The molecular weight excluding hydrogens is 198 g/mol. The van der Waals surface area contributed by atoms with Crippen LogP contribution < -0.4 is 16.8 Å². The first kappa shape index (κ1) is 13.9. The summed E-state index contributed by atoms with van der Waals surface area (Å²) >= 11 is 0. The largest absolute Gasteiger partial charge is 0.390 e. The number of quaternary nitrogens is 1. The van der Waals surface area contributed by atoms with Crippen LogP contribution in [-0.2, 0) is 9.59 Å². The zero-order valence-electron chi connectivity index (χ0n) is 9.19. The molecule has 0 saturated heterocycles. The number of aliphatic hydroxyl groups excluding tert-OH is 1. The molecule has 0 heterocycles. The normalized spacial score (nSPS) is 14.7. The average Bonchev–Trinajstić information content (AvgIpc) is 2.14. The number of rotatable bonds is 6. The number of carbonyl (C=O) groups excluding carboxylic acids is 2. The number of hydrogen-bond acceptors (Lipinski definition) is 3. The predicted octanol–water partition coefficient (Wildman–Crippen LogP) is -2.39. The molecule has 0 aliphatic rings. The third-order valence-electron chi connectivity index (χ3n) is 1.96. The molecule has 88 valence electrons. The molecule has 0 aliphatic heterocycles. The van der Waals surface area contributed by atoms with E-state index in [4.69, 9.17) is 10.8 Å². The molecule has 0 radical (unpaired) electrons. The van der Waals surface area contributed by atoms with Crippen LogP contribution in [0.3, 0.4) is 0 Å². The van der Waals surface area contributed by atoms with Crippen molar-refractivity contribution in [3.63, 3.8) is 0 Å². The summed E-state index contributed by atoms with van der Waals surface area (Å²) in [6.07, 6.45) is 0.485. The van der Waals surface area contributed by atoms with E-state index in [1.54, 1.807) is 0 Å². The van der Waals surface area contributed by atoms with E-state index in [1.165, 1.54) is 0 Å². The number of amides is 2. The molecule has 2 amide bonds. The van der Waals surface area contributed by atoms with Crippen molar-refractivity contribution in [2.24, 2.45) is 11.7 Å². The molecule has 0 fully saturated rings. The molecule has 0 aromatic carbocycles. The smallest absolute Gasteiger partial charge is 0.281 e. The van der Waals surface area contributed by atoms with E-state index in [2.05, 4.69) is 11.1 Å². The van der Waals surface area contributed by atoms with Crippen LogP contribution in [0.25, 0.3) is 0 Å². The number of nitrogens with two attached hydrogens (primary N) is 1. The van der Waals surface area contributed by atoms with Crippen LogP contribution in [0.15, 0.2) is 0 Å². The molecule has 0 rings (SSSR count). The third-order valence-corrected chi connectivity index (χ3v) is 1.96. The molecular formula is C9H20N3O3+. The summed E-state index contributed by atoms with van der Waals surface area (Å²) in [6, 6.07) is -1.45. The Hall–Kier alpha value is -1.14. The standard InChI is InChI=1S/C9H19N3O3/c1-5(2)3-7(8(11)14)12-9(15)6(10)4-13/h5-7,13H,3-4,10H2,1-2H3,(H2,11,14)(H,12,15)/p+1/t6-,7-/m1/s1. The summed E-state index contributed by atoms with van der Waals surface area (Å²) < 4.78 is 0. The fraction of sp³-hybridized carbons (Fsp3) is 0.778. The van der Waals surface area contributed by atoms with Gasteiger partial charge in [0.05, 0.1) is 0 Å². The van der Waals surface area contributed by atoms with Gasteiger partial charge in [-0.05, 0) is 12.3 Å². The summed E-state index contributed by atoms with van der Waals surface area (Å²) in [4.78, 5) is 22.3. The Labute approximate surface area is 89.0 Å². The fourth-order valence-corrected chi connectivity index (χ4v) is 1.09. The number of hydrogen-bond donors (Lipinski definition) is 4. The van der Waals surface area contributed by atoms with Gasteiger partial charge in [-0.1, -0.05) is 13.8 Å². The number of carbonyl (C=O) groups is 2. The van der Waals surface area contributed by atoms with Crippen LogP contribution in [0.4, 0.5) is 0 Å². The van der Waals surface area contributed by atoms with Crippen LogP contribution in [0.5, 0.6) is 0 Å². The van der Waals surface area contributed by atoms with E-state index < -0.39 is 23.9 Å². The van der Waals surface area contributed by atoms with Gasteiger partial charge < -0.3 is 21.9 Å². The lowest BCUT2D eigenvalue weighted by molar-refractivity contribution is -0.409. The van der Waals surface area contributed by atoms with Crippen molar-refractivity contribution >= 4 is 11.8 Å². The van der Waals surface area contributed by atoms with Crippen molar-refractivity contribution in [3.8, 4) is 0 Å². The Bertz CT molecular complexity index is 231. The van der Waals surface area contributed by atoms with Crippen molar-refractivity contribution in [1.82, 2.24) is 5.32 Å². The summed E-state index contributed by atoms with van der Waals surface area (Å²) in [5.41, 5.74) is 8.57. The van der Waals surface area contributed by atoms with Crippen molar-refractivity contribution in [2.45, 2.75) is 32.4 Å². The topological polar surface area (TPSA) is 120 Å². The summed E-state index contributed by atoms with van der Waals surface area (Å²) in [6.45, 7) is 3.50. The molecule has 6 heteroatoms. The predicted molar refractivity (Wildman–Crippen MR) is 54.3 cm³/mol. The molecule has 0 bridgehead atoms. The first-order valence-corrected chi connectivity index (χ1v) is 4.92. The van der Waals surface area contributed by atoms with Crippen LogP contribution in [0.2, 0.25) is 0 Å². The molecule has 0 unspecified atom stereocenters. The monoisotopic (exact) mass is 218 g/mol. The molecule has 0 aromatic rings. The Morgan fingerprint density at radius 1 is 1.47 bits per heavy atom. The van der Waals surface area contributed by atoms with E-state index in [1.807, 2.05) is 13.8 Å². The van der Waals surface area contributed by atoms with Crippen LogP contribution in [0, 0.1) is 5.92 Å². The first-order chi connectivity index (χ1) is 6.88. The van der Waals surface area contributed by atoms with Gasteiger partial charge in [0.25, 0.3) is 5.91 Å². The van der Waals surface area contributed by atoms with Gasteiger partial charge in [0.1, 0.15) is 12.6 Å². The lowest BCUT2D eigenvalue weighted by atomic mass is 10.0. The highest BCUT2D eigenvalue weighted by atomic mass is 16.3. The Kier molecular flexibility index (Phi) is 5.88. The van der Waals surface area contributed by atoms with Crippen molar-refractivity contribution in [1.29, 1.82) is 0 Å². The zero-order chi connectivity index (χ0) is 12.0. The van der Waals surface area contributed by atoms with Gasteiger partial charge >= 0.3 is 0 Å². The number of aliphatic hydroxyl groups is 1. The second-order valence-corrected chi connectivity index (χ2v) is 3.97. The second kappa shape index (κ2) is 6.36. The minimum Gasteiger partial charge on any atom is -0.390 e. The summed E-state index contributed by atoms with van der Waals surface area (Å²) in [7, 11) is 0. The third kappa shape index (κ3) is 5.34. The van der Waals surface area contributed by atoms with E-state index >= 15 is 0 Å². The minimum atomic E-state index is -0.765. The highest BCUT2D eigenvalue weighted by molar-refractivity contribution is 5.88. The second-order valence-electron chi connectivity index (χ2n) is 3.97. The van der Waals surface area contributed by atoms with Gasteiger partial charge in [-0.3, -0.25) is 9.59 Å². The van der Waals surface area contributed by atoms with Crippen LogP contribution >= 0.6 is 0 Å².